The third-order valence-electron chi connectivity index (χ3n) is 4.27. The van der Waals surface area contributed by atoms with Crippen molar-refractivity contribution in [1.82, 2.24) is 15.0 Å². The number of benzene rings is 1. The molecule has 0 spiro atoms. The van der Waals surface area contributed by atoms with E-state index in [4.69, 9.17) is 13.7 Å². The molecule has 0 aliphatic carbocycles. The van der Waals surface area contributed by atoms with E-state index < -0.39 is 0 Å². The first-order chi connectivity index (χ1) is 12.2. The molecule has 0 saturated carbocycles. The standard InChI is InChI=1S/C18H17N3O4/c1-23-14-6-4-12(5-7-14)15(22)11-21-9-13(10-21)18-19-17(20-25-18)16-3-2-8-24-16/h2-8,13H,9-11H2,1H3. The Balaban J connectivity index is 1.32. The van der Waals surface area contributed by atoms with Crippen LogP contribution in [0, 0.1) is 0 Å². The van der Waals surface area contributed by atoms with Gasteiger partial charge in [-0.1, -0.05) is 5.16 Å². The van der Waals surface area contributed by atoms with Crippen LogP contribution in [0.3, 0.4) is 0 Å². The molecule has 1 aromatic carbocycles. The predicted octanol–water partition coefficient (Wildman–Crippen LogP) is 2.62. The molecule has 0 N–H and O–H groups in total. The normalized spacial score (nSPS) is 15.1. The van der Waals surface area contributed by atoms with Gasteiger partial charge >= 0.3 is 0 Å². The summed E-state index contributed by atoms with van der Waals surface area (Å²) in [5.74, 6) is 2.60. The summed E-state index contributed by atoms with van der Waals surface area (Å²) in [6.45, 7) is 1.82. The van der Waals surface area contributed by atoms with Crippen molar-refractivity contribution in [1.29, 1.82) is 0 Å². The number of Topliss-reactive ketones (excluding diaryl/α,β-unsaturated/α-hetero) is 1. The molecule has 1 fully saturated rings. The number of aromatic nitrogens is 2. The number of carbonyl (C=O) groups excluding carboxylic acids is 1. The van der Waals surface area contributed by atoms with E-state index >= 15 is 0 Å². The Morgan fingerprint density at radius 3 is 2.76 bits per heavy atom. The van der Waals surface area contributed by atoms with Gasteiger partial charge in [0.25, 0.3) is 0 Å². The summed E-state index contributed by atoms with van der Waals surface area (Å²) in [7, 11) is 1.60. The van der Waals surface area contributed by atoms with Crippen LogP contribution in [0.1, 0.15) is 22.2 Å². The summed E-state index contributed by atoms with van der Waals surface area (Å²) in [5.41, 5.74) is 0.683. The predicted molar refractivity (Wildman–Crippen MR) is 88.5 cm³/mol. The molecular formula is C18H17N3O4. The van der Waals surface area contributed by atoms with Crippen molar-refractivity contribution in [2.45, 2.75) is 5.92 Å². The molecule has 128 valence electrons. The number of likely N-dealkylation sites (tertiary alicyclic amines) is 1. The van der Waals surface area contributed by atoms with Gasteiger partial charge in [-0.05, 0) is 36.4 Å². The molecule has 4 rings (SSSR count). The lowest BCUT2D eigenvalue weighted by molar-refractivity contribution is 0.0802. The second kappa shape index (κ2) is 6.52. The van der Waals surface area contributed by atoms with Gasteiger partial charge in [0.15, 0.2) is 11.5 Å². The largest absolute Gasteiger partial charge is 0.497 e. The van der Waals surface area contributed by atoms with Gasteiger partial charge in [0, 0.05) is 18.7 Å². The van der Waals surface area contributed by atoms with Gasteiger partial charge in [-0.3, -0.25) is 9.69 Å². The van der Waals surface area contributed by atoms with Crippen molar-refractivity contribution in [3.63, 3.8) is 0 Å². The fourth-order valence-corrected chi connectivity index (χ4v) is 2.83. The maximum atomic E-state index is 12.3. The molecule has 0 amide bonds. The van der Waals surface area contributed by atoms with E-state index in [2.05, 4.69) is 15.0 Å². The SMILES string of the molecule is COc1ccc(C(=O)CN2CC(c3nc(-c4ccco4)no3)C2)cc1. The van der Waals surface area contributed by atoms with E-state index in [1.165, 1.54) is 0 Å². The third-order valence-corrected chi connectivity index (χ3v) is 4.27. The fourth-order valence-electron chi connectivity index (χ4n) is 2.83. The number of nitrogens with zero attached hydrogens (tertiary/aromatic N) is 3. The summed E-state index contributed by atoms with van der Waals surface area (Å²) in [4.78, 5) is 18.7. The summed E-state index contributed by atoms with van der Waals surface area (Å²) < 4.78 is 15.7. The lowest BCUT2D eigenvalue weighted by Crippen LogP contribution is -2.47. The molecule has 0 atom stereocenters. The maximum Gasteiger partial charge on any atom is 0.238 e. The fraction of sp³-hybridized carbons (Fsp3) is 0.278. The van der Waals surface area contributed by atoms with Crippen LogP contribution in [0.2, 0.25) is 0 Å². The first-order valence-electron chi connectivity index (χ1n) is 8.00. The molecule has 0 bridgehead atoms. The van der Waals surface area contributed by atoms with Crippen LogP contribution in [0.15, 0.2) is 51.6 Å². The van der Waals surface area contributed by atoms with Crippen LogP contribution >= 0.6 is 0 Å². The maximum absolute atomic E-state index is 12.3. The zero-order chi connectivity index (χ0) is 17.2. The van der Waals surface area contributed by atoms with E-state index in [1.807, 2.05) is 0 Å². The molecule has 3 heterocycles. The first-order valence-corrected chi connectivity index (χ1v) is 8.00. The van der Waals surface area contributed by atoms with E-state index in [0.717, 1.165) is 18.8 Å². The average Bonchev–Trinajstić information content (AvgIpc) is 3.28. The molecule has 3 aromatic rings. The zero-order valence-electron chi connectivity index (χ0n) is 13.7. The Hall–Kier alpha value is -2.93. The van der Waals surface area contributed by atoms with Gasteiger partial charge in [0.1, 0.15) is 5.75 Å². The van der Waals surface area contributed by atoms with E-state index in [-0.39, 0.29) is 11.7 Å². The molecule has 7 nitrogen and oxygen atoms in total. The van der Waals surface area contributed by atoms with Crippen molar-refractivity contribution in [3.05, 3.63) is 54.1 Å². The summed E-state index contributed by atoms with van der Waals surface area (Å²) in [6.07, 6.45) is 1.57. The highest BCUT2D eigenvalue weighted by atomic mass is 16.5. The van der Waals surface area contributed by atoms with Crippen molar-refractivity contribution < 1.29 is 18.5 Å². The molecule has 1 saturated heterocycles. The number of carbonyl (C=O) groups is 1. The molecule has 1 aliphatic heterocycles. The Labute approximate surface area is 144 Å². The second-order valence-electron chi connectivity index (χ2n) is 5.98. The van der Waals surface area contributed by atoms with Gasteiger partial charge in [-0.25, -0.2) is 0 Å². The molecule has 2 aromatic heterocycles. The molecule has 0 radical (unpaired) electrons. The summed E-state index contributed by atoms with van der Waals surface area (Å²) in [5, 5.41) is 3.93. The minimum Gasteiger partial charge on any atom is -0.497 e. The summed E-state index contributed by atoms with van der Waals surface area (Å²) in [6, 6.07) is 10.7. The Kier molecular flexibility index (Phi) is 4.07. The Morgan fingerprint density at radius 1 is 1.28 bits per heavy atom. The smallest absolute Gasteiger partial charge is 0.238 e. The first kappa shape index (κ1) is 15.6. The highest BCUT2D eigenvalue weighted by molar-refractivity contribution is 5.97. The number of hydrogen-bond donors (Lipinski definition) is 0. The Bertz CT molecular complexity index is 849. The van der Waals surface area contributed by atoms with Crippen LogP contribution in [0.25, 0.3) is 11.6 Å². The number of rotatable bonds is 6. The molecule has 25 heavy (non-hydrogen) atoms. The number of ether oxygens (including phenoxy) is 1. The number of furan rings is 1. The van der Waals surface area contributed by atoms with Crippen molar-refractivity contribution in [3.8, 4) is 17.3 Å². The molecular weight excluding hydrogens is 322 g/mol. The Morgan fingerprint density at radius 2 is 2.08 bits per heavy atom. The minimum atomic E-state index is 0.0860. The van der Waals surface area contributed by atoms with Crippen molar-refractivity contribution >= 4 is 5.78 Å². The van der Waals surface area contributed by atoms with Crippen LogP contribution in [0.4, 0.5) is 0 Å². The van der Waals surface area contributed by atoms with Crippen LogP contribution in [-0.4, -0.2) is 47.6 Å². The third kappa shape index (κ3) is 3.18. The summed E-state index contributed by atoms with van der Waals surface area (Å²) >= 11 is 0. The van der Waals surface area contributed by atoms with Crippen molar-refractivity contribution in [2.75, 3.05) is 26.7 Å². The van der Waals surface area contributed by atoms with Gasteiger partial charge in [0.05, 0.1) is 25.8 Å². The van der Waals surface area contributed by atoms with Crippen LogP contribution < -0.4 is 4.74 Å². The molecule has 1 aliphatic rings. The highest BCUT2D eigenvalue weighted by Crippen LogP contribution is 2.27. The molecule has 0 unspecified atom stereocenters. The van der Waals surface area contributed by atoms with Gasteiger partial charge in [-0.15, -0.1) is 0 Å². The second-order valence-corrected chi connectivity index (χ2v) is 5.98. The lowest BCUT2D eigenvalue weighted by atomic mass is 9.99. The molecule has 7 heteroatoms. The van der Waals surface area contributed by atoms with Gasteiger partial charge < -0.3 is 13.7 Å². The van der Waals surface area contributed by atoms with E-state index in [9.17, 15) is 4.79 Å². The zero-order valence-corrected chi connectivity index (χ0v) is 13.7. The number of methoxy groups -OCH3 is 1. The average molecular weight is 339 g/mol. The van der Waals surface area contributed by atoms with E-state index in [1.54, 1.807) is 49.8 Å². The number of hydrogen-bond acceptors (Lipinski definition) is 7. The van der Waals surface area contributed by atoms with Crippen LogP contribution in [0.5, 0.6) is 5.75 Å². The topological polar surface area (TPSA) is 81.6 Å². The highest BCUT2D eigenvalue weighted by Gasteiger charge is 2.34. The lowest BCUT2D eigenvalue weighted by Gasteiger charge is -2.36. The van der Waals surface area contributed by atoms with Crippen molar-refractivity contribution in [2.24, 2.45) is 0 Å². The van der Waals surface area contributed by atoms with E-state index in [0.29, 0.717) is 29.6 Å². The van der Waals surface area contributed by atoms with Crippen LogP contribution in [-0.2, 0) is 0 Å². The van der Waals surface area contributed by atoms with Gasteiger partial charge in [0.2, 0.25) is 11.7 Å². The number of ketones is 1. The van der Waals surface area contributed by atoms with Gasteiger partial charge in [-0.2, -0.15) is 4.98 Å². The minimum absolute atomic E-state index is 0.0860. The monoisotopic (exact) mass is 339 g/mol. The quantitative estimate of drug-likeness (QED) is 0.638.